The van der Waals surface area contributed by atoms with Crippen molar-refractivity contribution in [2.45, 2.75) is 0 Å². The molecule has 0 radical (unpaired) electrons. The van der Waals surface area contributed by atoms with Gasteiger partial charge in [0, 0.05) is 30.0 Å². The molecule has 0 saturated carbocycles. The minimum absolute atomic E-state index is 0.306. The summed E-state index contributed by atoms with van der Waals surface area (Å²) in [6, 6.07) is 8.85. The lowest BCUT2D eigenvalue weighted by molar-refractivity contribution is 0.532. The van der Waals surface area contributed by atoms with Crippen LogP contribution in [0.4, 0.5) is 5.69 Å². The highest BCUT2D eigenvalue weighted by atomic mass is 32.2. The van der Waals surface area contributed by atoms with Crippen molar-refractivity contribution in [1.82, 2.24) is 0 Å². The molecule has 2 N–H and O–H groups in total. The Labute approximate surface area is 79.8 Å². The number of benzene rings is 1. The Morgan fingerprint density at radius 2 is 2.00 bits per heavy atom. The largest absolute Gasteiger partial charge is 0.755 e. The van der Waals surface area contributed by atoms with Crippen molar-refractivity contribution >= 4 is 17.0 Å². The zero-order valence-electron chi connectivity index (χ0n) is 7.05. The predicted molar refractivity (Wildman–Crippen MR) is 51.8 cm³/mol. The third-order valence-corrected chi connectivity index (χ3v) is 2.31. The van der Waals surface area contributed by atoms with E-state index in [0.29, 0.717) is 18.8 Å². The Hall–Kier alpha value is -0.910. The molecule has 0 aromatic heterocycles. The molecule has 0 saturated heterocycles. The number of anilines is 1. The van der Waals surface area contributed by atoms with Gasteiger partial charge in [0.05, 0.1) is 0 Å². The Morgan fingerprint density at radius 3 is 2.46 bits per heavy atom. The lowest BCUT2D eigenvalue weighted by Gasteiger charge is -2.25. The molecular formula is C8H11N2O2S-. The first-order valence-corrected chi connectivity index (χ1v) is 4.91. The van der Waals surface area contributed by atoms with Gasteiger partial charge in [-0.2, -0.15) is 0 Å². The highest BCUT2D eigenvalue weighted by Crippen LogP contribution is 2.13. The van der Waals surface area contributed by atoms with E-state index in [1.807, 2.05) is 6.07 Å². The third-order valence-electron chi connectivity index (χ3n) is 1.56. The summed E-state index contributed by atoms with van der Waals surface area (Å²) in [4.78, 5) is 0. The molecule has 0 spiro atoms. The molecule has 0 amide bonds. The van der Waals surface area contributed by atoms with Crippen LogP contribution in [0.5, 0.6) is 0 Å². The summed E-state index contributed by atoms with van der Waals surface area (Å²) in [6.07, 6.45) is 0. The van der Waals surface area contributed by atoms with Crippen LogP contribution in [0.25, 0.3) is 0 Å². The first kappa shape index (κ1) is 10.2. The van der Waals surface area contributed by atoms with Crippen molar-refractivity contribution in [1.29, 1.82) is 0 Å². The summed E-state index contributed by atoms with van der Waals surface area (Å²) in [7, 11) is 0. The molecule has 0 bridgehead atoms. The van der Waals surface area contributed by atoms with Crippen molar-refractivity contribution in [3.63, 3.8) is 0 Å². The summed E-state index contributed by atoms with van der Waals surface area (Å²) < 4.78 is 22.7. The van der Waals surface area contributed by atoms with Gasteiger partial charge in [-0.05, 0) is 12.1 Å². The van der Waals surface area contributed by atoms with E-state index >= 15 is 0 Å². The number of hydrogen-bond acceptors (Lipinski definition) is 3. The molecule has 1 aromatic rings. The van der Waals surface area contributed by atoms with Gasteiger partial charge in [-0.25, -0.2) is 0 Å². The van der Waals surface area contributed by atoms with Crippen LogP contribution in [-0.4, -0.2) is 21.9 Å². The second-order valence-corrected chi connectivity index (χ2v) is 3.32. The van der Waals surface area contributed by atoms with E-state index in [1.54, 1.807) is 24.3 Å². The fraction of sp³-hybridized carbons (Fsp3) is 0.250. The maximum absolute atomic E-state index is 10.8. The molecule has 4 nitrogen and oxygen atoms in total. The van der Waals surface area contributed by atoms with E-state index < -0.39 is 11.3 Å². The highest BCUT2D eigenvalue weighted by Gasteiger charge is 2.03. The van der Waals surface area contributed by atoms with Crippen LogP contribution in [0, 0.1) is 0 Å². The molecule has 5 heteroatoms. The van der Waals surface area contributed by atoms with Crippen molar-refractivity contribution in [3.8, 4) is 0 Å². The Bertz CT molecular complexity index is 279. The van der Waals surface area contributed by atoms with Crippen LogP contribution < -0.4 is 10.0 Å². The van der Waals surface area contributed by atoms with Crippen LogP contribution in [0.15, 0.2) is 30.3 Å². The summed E-state index contributed by atoms with van der Waals surface area (Å²) in [5, 5.41) is 0. The Morgan fingerprint density at radius 1 is 1.38 bits per heavy atom. The average molecular weight is 199 g/mol. The fourth-order valence-electron chi connectivity index (χ4n) is 1.00. The minimum atomic E-state index is -2.25. The summed E-state index contributed by atoms with van der Waals surface area (Å²) >= 11 is -2.25. The number of para-hydroxylation sites is 1. The monoisotopic (exact) mass is 199 g/mol. The Kier molecular flexibility index (Phi) is 3.88. The van der Waals surface area contributed by atoms with Crippen molar-refractivity contribution < 1.29 is 8.76 Å². The van der Waals surface area contributed by atoms with Crippen molar-refractivity contribution in [3.05, 3.63) is 30.3 Å². The van der Waals surface area contributed by atoms with E-state index in [0.717, 1.165) is 0 Å². The first-order chi connectivity index (χ1) is 6.25. The lowest BCUT2D eigenvalue weighted by Crippen LogP contribution is -2.30. The van der Waals surface area contributed by atoms with E-state index in [1.165, 1.54) is 4.31 Å². The summed E-state index contributed by atoms with van der Waals surface area (Å²) in [5.41, 5.74) is 5.93. The van der Waals surface area contributed by atoms with Crippen LogP contribution in [0.2, 0.25) is 0 Å². The van der Waals surface area contributed by atoms with Crippen LogP contribution in [0.3, 0.4) is 0 Å². The number of nitrogens with zero attached hydrogens (tertiary/aromatic N) is 1. The smallest absolute Gasteiger partial charge is 0.0483 e. The predicted octanol–water partition coefficient (Wildman–Crippen LogP) is 0.246. The molecule has 1 unspecified atom stereocenters. The van der Waals surface area contributed by atoms with Gasteiger partial charge in [-0.1, -0.05) is 18.2 Å². The zero-order valence-corrected chi connectivity index (χ0v) is 7.87. The molecule has 1 aromatic carbocycles. The number of rotatable bonds is 4. The standard InChI is InChI=1S/C8H12N2O2S/c9-6-7-10(13(11)12)8-4-2-1-3-5-8/h1-5H,6-7,9H2,(H,11,12)/p-1. The second-order valence-electron chi connectivity index (χ2n) is 2.44. The molecule has 0 heterocycles. The van der Waals surface area contributed by atoms with Gasteiger partial charge < -0.3 is 14.6 Å². The van der Waals surface area contributed by atoms with E-state index in [-0.39, 0.29) is 0 Å². The summed E-state index contributed by atoms with van der Waals surface area (Å²) in [6.45, 7) is 0.614. The molecule has 0 aliphatic rings. The maximum atomic E-state index is 10.8. The van der Waals surface area contributed by atoms with Crippen molar-refractivity contribution in [2.75, 3.05) is 17.4 Å². The molecule has 1 rings (SSSR count). The quantitative estimate of drug-likeness (QED) is 0.706. The topological polar surface area (TPSA) is 69.4 Å². The van der Waals surface area contributed by atoms with Crippen LogP contribution in [-0.2, 0) is 11.3 Å². The molecule has 13 heavy (non-hydrogen) atoms. The van der Waals surface area contributed by atoms with Gasteiger partial charge in [0.25, 0.3) is 0 Å². The van der Waals surface area contributed by atoms with E-state index in [4.69, 9.17) is 5.73 Å². The normalized spacial score (nSPS) is 12.5. The zero-order chi connectivity index (χ0) is 9.68. The van der Waals surface area contributed by atoms with E-state index in [2.05, 4.69) is 0 Å². The maximum Gasteiger partial charge on any atom is 0.0483 e. The first-order valence-electron chi connectivity index (χ1n) is 3.87. The molecule has 0 fully saturated rings. The van der Waals surface area contributed by atoms with Crippen LogP contribution >= 0.6 is 0 Å². The van der Waals surface area contributed by atoms with Gasteiger partial charge in [0.2, 0.25) is 0 Å². The summed E-state index contributed by atoms with van der Waals surface area (Å²) in [5.74, 6) is 0. The SMILES string of the molecule is NCCN(c1ccccc1)S(=O)[O-]. The van der Waals surface area contributed by atoms with Crippen molar-refractivity contribution in [2.24, 2.45) is 5.73 Å². The number of nitrogens with two attached hydrogens (primary N) is 1. The van der Waals surface area contributed by atoms with Gasteiger partial charge >= 0.3 is 0 Å². The Balaban J connectivity index is 2.82. The minimum Gasteiger partial charge on any atom is -0.755 e. The van der Waals surface area contributed by atoms with Gasteiger partial charge in [0.1, 0.15) is 0 Å². The number of hydrogen-bond donors (Lipinski definition) is 1. The molecule has 1 atom stereocenters. The highest BCUT2D eigenvalue weighted by molar-refractivity contribution is 7.80. The molecule has 0 aliphatic heterocycles. The molecule has 72 valence electrons. The fourth-order valence-corrected chi connectivity index (χ4v) is 1.55. The van der Waals surface area contributed by atoms with Crippen LogP contribution in [0.1, 0.15) is 0 Å². The van der Waals surface area contributed by atoms with Gasteiger partial charge in [0.15, 0.2) is 0 Å². The lowest BCUT2D eigenvalue weighted by atomic mass is 10.3. The van der Waals surface area contributed by atoms with Gasteiger partial charge in [-0.3, -0.25) is 4.21 Å². The second kappa shape index (κ2) is 4.96. The third kappa shape index (κ3) is 2.80. The van der Waals surface area contributed by atoms with Gasteiger partial charge in [-0.15, -0.1) is 0 Å². The molecular weight excluding hydrogens is 188 g/mol. The average Bonchev–Trinajstić information content (AvgIpc) is 2.15. The van der Waals surface area contributed by atoms with E-state index in [9.17, 15) is 8.76 Å². The molecule has 0 aliphatic carbocycles.